The van der Waals surface area contributed by atoms with Gasteiger partial charge in [-0.05, 0) is 12.1 Å². The molecule has 0 heterocycles. The minimum atomic E-state index is -0.276. The number of halogens is 1. The number of rotatable bonds is 5. The summed E-state index contributed by atoms with van der Waals surface area (Å²) >= 11 is 3.24. The lowest BCUT2D eigenvalue weighted by atomic mass is 10.1. The van der Waals surface area contributed by atoms with Gasteiger partial charge in [-0.1, -0.05) is 28.1 Å². The van der Waals surface area contributed by atoms with E-state index in [1.807, 2.05) is 0 Å². The molecule has 0 saturated carbocycles. The molecule has 0 aromatic heterocycles. The molecule has 0 saturated heterocycles. The molecule has 0 aliphatic carbocycles. The number of imide groups is 1. The molecule has 78 valence electrons. The fraction of sp³-hybridized carbons (Fsp3) is 0.100. The zero-order valence-corrected chi connectivity index (χ0v) is 9.31. The Morgan fingerprint density at radius 3 is 2.20 bits per heavy atom. The van der Waals surface area contributed by atoms with Crippen LogP contribution in [0.5, 0.6) is 0 Å². The molecule has 1 aromatic rings. The number of nitrogens with zero attached hydrogens (tertiary/aromatic N) is 1. The predicted molar refractivity (Wildman–Crippen MR) is 57.3 cm³/mol. The summed E-state index contributed by atoms with van der Waals surface area (Å²) < 4.78 is 0.863. The van der Waals surface area contributed by atoms with Crippen LogP contribution in [0.1, 0.15) is 10.4 Å². The van der Waals surface area contributed by atoms with Gasteiger partial charge in [0.1, 0.15) is 0 Å². The smallest absolute Gasteiger partial charge is 0.216 e. The molecule has 4 nitrogen and oxygen atoms in total. The van der Waals surface area contributed by atoms with Crippen molar-refractivity contribution in [3.8, 4) is 0 Å². The Balaban J connectivity index is 2.72. The third-order valence-electron chi connectivity index (χ3n) is 1.76. The van der Waals surface area contributed by atoms with Crippen LogP contribution < -0.4 is 0 Å². The topological polar surface area (TPSA) is 54.5 Å². The van der Waals surface area contributed by atoms with Crippen molar-refractivity contribution >= 4 is 34.5 Å². The molecule has 0 fully saturated rings. The maximum absolute atomic E-state index is 11.5. The number of carbonyl (C=O) groups excluding carboxylic acids is 3. The second-order valence-electron chi connectivity index (χ2n) is 2.81. The summed E-state index contributed by atoms with van der Waals surface area (Å²) in [7, 11) is 0. The van der Waals surface area contributed by atoms with Crippen LogP contribution >= 0.6 is 15.9 Å². The highest BCUT2D eigenvalue weighted by atomic mass is 79.9. The Bertz CT molecular complexity index is 367. The van der Waals surface area contributed by atoms with Gasteiger partial charge in [0.25, 0.3) is 0 Å². The van der Waals surface area contributed by atoms with E-state index in [0.29, 0.717) is 18.4 Å². The maximum Gasteiger partial charge on any atom is 0.216 e. The van der Waals surface area contributed by atoms with E-state index in [2.05, 4.69) is 15.9 Å². The Morgan fingerprint density at radius 1 is 1.20 bits per heavy atom. The Hall–Kier alpha value is -1.49. The van der Waals surface area contributed by atoms with Crippen molar-refractivity contribution in [2.45, 2.75) is 0 Å². The highest BCUT2D eigenvalue weighted by Crippen LogP contribution is 2.10. The van der Waals surface area contributed by atoms with Gasteiger partial charge in [0.05, 0.1) is 6.54 Å². The summed E-state index contributed by atoms with van der Waals surface area (Å²) in [5, 5.41) is 0. The highest BCUT2D eigenvalue weighted by Gasteiger charge is 2.09. The van der Waals surface area contributed by atoms with E-state index < -0.39 is 0 Å². The standard InChI is InChI=1S/C10H8BrNO3/c11-9-3-1-8(2-4-9)10(15)5-12(6-13)7-14/h1-4,6-7H,5H2. The second-order valence-corrected chi connectivity index (χ2v) is 3.73. The fourth-order valence-electron chi connectivity index (χ4n) is 0.992. The van der Waals surface area contributed by atoms with Crippen molar-refractivity contribution in [3.63, 3.8) is 0 Å². The monoisotopic (exact) mass is 269 g/mol. The molecule has 0 radical (unpaired) electrons. The molecule has 0 bridgehead atoms. The van der Waals surface area contributed by atoms with Crippen LogP contribution in [0.15, 0.2) is 28.7 Å². The maximum atomic E-state index is 11.5. The van der Waals surface area contributed by atoms with Gasteiger partial charge in [-0.25, -0.2) is 0 Å². The minimum absolute atomic E-state index is 0.228. The zero-order chi connectivity index (χ0) is 11.3. The van der Waals surface area contributed by atoms with E-state index in [4.69, 9.17) is 0 Å². The van der Waals surface area contributed by atoms with Crippen LogP contribution in [0.4, 0.5) is 0 Å². The van der Waals surface area contributed by atoms with Gasteiger partial charge in [-0.15, -0.1) is 0 Å². The van der Waals surface area contributed by atoms with Gasteiger partial charge in [0.15, 0.2) is 5.78 Å². The van der Waals surface area contributed by atoms with Crippen molar-refractivity contribution < 1.29 is 14.4 Å². The Morgan fingerprint density at radius 2 is 1.73 bits per heavy atom. The van der Waals surface area contributed by atoms with Crippen molar-refractivity contribution in [2.24, 2.45) is 0 Å². The van der Waals surface area contributed by atoms with Crippen LogP contribution in [0, 0.1) is 0 Å². The van der Waals surface area contributed by atoms with E-state index in [1.54, 1.807) is 24.3 Å². The molecule has 0 aliphatic rings. The van der Waals surface area contributed by atoms with Gasteiger partial charge >= 0.3 is 0 Å². The molecule has 0 unspecified atom stereocenters. The molecular formula is C10H8BrNO3. The van der Waals surface area contributed by atoms with Gasteiger partial charge in [0.2, 0.25) is 12.8 Å². The summed E-state index contributed by atoms with van der Waals surface area (Å²) in [6, 6.07) is 6.69. The lowest BCUT2D eigenvalue weighted by Gasteiger charge is -2.07. The van der Waals surface area contributed by atoms with Crippen LogP contribution in [-0.4, -0.2) is 30.0 Å². The molecule has 0 N–H and O–H groups in total. The third kappa shape index (κ3) is 3.28. The molecule has 0 aliphatic heterocycles. The van der Waals surface area contributed by atoms with E-state index in [0.717, 1.165) is 9.37 Å². The summed E-state index contributed by atoms with van der Waals surface area (Å²) in [4.78, 5) is 32.8. The summed E-state index contributed by atoms with van der Waals surface area (Å²) in [6.45, 7) is -0.228. The number of ketones is 1. The minimum Gasteiger partial charge on any atom is -0.292 e. The van der Waals surface area contributed by atoms with Crippen LogP contribution in [-0.2, 0) is 9.59 Å². The van der Waals surface area contributed by atoms with Crippen molar-refractivity contribution in [1.82, 2.24) is 4.90 Å². The summed E-state index contributed by atoms with van der Waals surface area (Å²) in [5.41, 5.74) is 0.465. The number of carbonyl (C=O) groups is 3. The molecule has 5 heteroatoms. The van der Waals surface area contributed by atoms with Crippen LogP contribution in [0.3, 0.4) is 0 Å². The first-order chi connectivity index (χ1) is 7.17. The van der Waals surface area contributed by atoms with E-state index >= 15 is 0 Å². The summed E-state index contributed by atoms with van der Waals surface area (Å²) in [6.07, 6.45) is 0.646. The van der Waals surface area contributed by atoms with Crippen molar-refractivity contribution in [1.29, 1.82) is 0 Å². The largest absolute Gasteiger partial charge is 0.292 e. The quantitative estimate of drug-likeness (QED) is 0.597. The number of Topliss-reactive ketones (excluding diaryl/α,β-unsaturated/α-hetero) is 1. The second kappa shape index (κ2) is 5.41. The van der Waals surface area contributed by atoms with Gasteiger partial charge < -0.3 is 0 Å². The van der Waals surface area contributed by atoms with Gasteiger partial charge in [-0.3, -0.25) is 19.3 Å². The first-order valence-electron chi connectivity index (χ1n) is 4.12. The Labute approximate surface area is 95.0 Å². The SMILES string of the molecule is O=CN(C=O)CC(=O)c1ccc(Br)cc1. The lowest BCUT2D eigenvalue weighted by Crippen LogP contribution is -2.27. The van der Waals surface area contributed by atoms with Crippen molar-refractivity contribution in [2.75, 3.05) is 6.54 Å². The van der Waals surface area contributed by atoms with E-state index in [9.17, 15) is 14.4 Å². The number of hydrogen-bond donors (Lipinski definition) is 0. The first kappa shape index (κ1) is 11.6. The Kier molecular flexibility index (Phi) is 4.17. The van der Waals surface area contributed by atoms with Gasteiger partial charge in [0, 0.05) is 10.0 Å². The van der Waals surface area contributed by atoms with Crippen molar-refractivity contribution in [3.05, 3.63) is 34.3 Å². The molecule has 0 atom stereocenters. The number of benzene rings is 1. The average molecular weight is 270 g/mol. The fourth-order valence-corrected chi connectivity index (χ4v) is 1.26. The van der Waals surface area contributed by atoms with Crippen LogP contribution in [0.2, 0.25) is 0 Å². The zero-order valence-electron chi connectivity index (χ0n) is 7.72. The first-order valence-corrected chi connectivity index (χ1v) is 4.92. The highest BCUT2D eigenvalue weighted by molar-refractivity contribution is 9.10. The van der Waals surface area contributed by atoms with Gasteiger partial charge in [-0.2, -0.15) is 0 Å². The predicted octanol–water partition coefficient (Wildman–Crippen LogP) is 1.25. The summed E-state index contributed by atoms with van der Waals surface area (Å²) in [5.74, 6) is -0.276. The molecule has 2 amide bonds. The number of hydrogen-bond acceptors (Lipinski definition) is 3. The average Bonchev–Trinajstić information content (AvgIpc) is 2.26. The van der Waals surface area contributed by atoms with E-state index in [-0.39, 0.29) is 12.3 Å². The third-order valence-corrected chi connectivity index (χ3v) is 2.29. The normalized spacial score (nSPS) is 9.40. The van der Waals surface area contributed by atoms with E-state index in [1.165, 1.54) is 0 Å². The lowest BCUT2D eigenvalue weighted by molar-refractivity contribution is -0.128. The molecule has 0 spiro atoms. The molecule has 15 heavy (non-hydrogen) atoms. The van der Waals surface area contributed by atoms with Crippen LogP contribution in [0.25, 0.3) is 0 Å². The molecule has 1 aromatic carbocycles. The molecular weight excluding hydrogens is 262 g/mol. The molecule has 1 rings (SSSR count). The number of amides is 2.